The molecule has 118 valence electrons. The summed E-state index contributed by atoms with van der Waals surface area (Å²) in [6, 6.07) is 7.79. The number of nitrogens with zero attached hydrogens (tertiary/aromatic N) is 3. The second-order valence-corrected chi connectivity index (χ2v) is 6.19. The normalized spacial score (nSPS) is 17.5. The van der Waals surface area contributed by atoms with Crippen molar-refractivity contribution in [1.82, 2.24) is 14.9 Å². The Balaban J connectivity index is 1.86. The Morgan fingerprint density at radius 3 is 2.70 bits per heavy atom. The minimum Gasteiger partial charge on any atom is -0.359 e. The summed E-state index contributed by atoms with van der Waals surface area (Å²) in [5, 5.41) is 2.81. The topological polar surface area (TPSA) is 58.1 Å². The second-order valence-electron chi connectivity index (χ2n) is 5.07. The van der Waals surface area contributed by atoms with Gasteiger partial charge in [-0.2, -0.15) is 0 Å². The van der Waals surface area contributed by atoms with Crippen LogP contribution in [0.15, 0.2) is 42.2 Å². The number of benzene rings is 1. The maximum absolute atomic E-state index is 12.9. The molecule has 23 heavy (non-hydrogen) atoms. The maximum Gasteiger partial charge on any atom is 0.227 e. The number of carbonyl (C=O) groups is 1. The number of allylic oxidation sites excluding steroid dienone is 1. The Hall–Kier alpha value is -2.41. The first-order valence-corrected chi connectivity index (χ1v) is 7.88. The van der Waals surface area contributed by atoms with Gasteiger partial charge in [-0.1, -0.05) is 11.8 Å². The van der Waals surface area contributed by atoms with E-state index in [9.17, 15) is 9.18 Å². The molecule has 1 atom stereocenters. The van der Waals surface area contributed by atoms with E-state index in [1.165, 1.54) is 23.9 Å². The first kappa shape index (κ1) is 15.5. The predicted molar refractivity (Wildman–Crippen MR) is 89.5 cm³/mol. The number of aldehydes is 1. The third kappa shape index (κ3) is 3.19. The van der Waals surface area contributed by atoms with E-state index in [4.69, 9.17) is 0 Å². The molecule has 5 nitrogen and oxygen atoms in total. The number of rotatable bonds is 4. The lowest BCUT2D eigenvalue weighted by atomic mass is 10.3. The Morgan fingerprint density at radius 1 is 1.30 bits per heavy atom. The number of likely N-dealkylation sites (N-methyl/N-ethyl adjacent to an activating group) is 1. The Bertz CT molecular complexity index is 763. The van der Waals surface area contributed by atoms with Crippen molar-refractivity contribution in [2.45, 2.75) is 12.3 Å². The van der Waals surface area contributed by atoms with E-state index in [1.54, 1.807) is 18.3 Å². The zero-order chi connectivity index (χ0) is 16.4. The fraction of sp³-hybridized carbons (Fsp3) is 0.188. The summed E-state index contributed by atoms with van der Waals surface area (Å²) >= 11 is 1.47. The summed E-state index contributed by atoms with van der Waals surface area (Å²) < 4.78 is 12.9. The number of anilines is 2. The van der Waals surface area contributed by atoms with Crippen LogP contribution in [0.5, 0.6) is 0 Å². The average Bonchev–Trinajstić information content (AvgIpc) is 2.85. The van der Waals surface area contributed by atoms with E-state index in [-0.39, 0.29) is 11.2 Å². The van der Waals surface area contributed by atoms with Crippen LogP contribution in [0.4, 0.5) is 16.0 Å². The molecule has 1 N–H and O–H groups in total. The lowest BCUT2D eigenvalue weighted by Gasteiger charge is -2.16. The van der Waals surface area contributed by atoms with Gasteiger partial charge in [-0.05, 0) is 37.3 Å². The molecule has 1 unspecified atom stereocenters. The van der Waals surface area contributed by atoms with Gasteiger partial charge in [0.2, 0.25) is 5.95 Å². The molecule has 0 amide bonds. The molecule has 7 heteroatoms. The van der Waals surface area contributed by atoms with E-state index in [1.807, 2.05) is 24.9 Å². The number of nitrogens with one attached hydrogen (secondary N) is 1. The van der Waals surface area contributed by atoms with E-state index in [2.05, 4.69) is 15.3 Å². The third-order valence-corrected chi connectivity index (χ3v) is 4.99. The molecule has 0 saturated carbocycles. The van der Waals surface area contributed by atoms with Gasteiger partial charge in [0.05, 0.1) is 10.6 Å². The van der Waals surface area contributed by atoms with Crippen LogP contribution in [-0.4, -0.2) is 33.6 Å². The number of thioether (sulfide) groups is 1. The molecule has 1 aromatic carbocycles. The number of hydrogen-bond donors (Lipinski definition) is 1. The molecular formula is C16H15FN4OS. The van der Waals surface area contributed by atoms with Gasteiger partial charge in [-0.15, -0.1) is 0 Å². The number of halogens is 1. The van der Waals surface area contributed by atoms with Gasteiger partial charge in [0.15, 0.2) is 6.29 Å². The maximum atomic E-state index is 12.9. The first-order chi connectivity index (χ1) is 11.1. The standard InChI is InChI=1S/C16H15FN4OS/c1-10-15(23-14(9-22)21(10)2)13-7-8-18-16(20-13)19-12-5-3-11(17)4-6-12/h3-9,14H,1-2H3,(H,18,19,20). The molecule has 0 radical (unpaired) electrons. The molecule has 2 heterocycles. The van der Waals surface area contributed by atoms with Crippen molar-refractivity contribution in [2.24, 2.45) is 0 Å². The van der Waals surface area contributed by atoms with Crippen LogP contribution in [0.1, 0.15) is 12.6 Å². The van der Waals surface area contributed by atoms with Crippen molar-refractivity contribution in [1.29, 1.82) is 0 Å². The zero-order valence-electron chi connectivity index (χ0n) is 12.7. The van der Waals surface area contributed by atoms with Crippen molar-refractivity contribution in [3.05, 3.63) is 53.7 Å². The Labute approximate surface area is 137 Å². The van der Waals surface area contributed by atoms with Gasteiger partial charge in [0, 0.05) is 24.6 Å². The van der Waals surface area contributed by atoms with Crippen molar-refractivity contribution in [2.75, 3.05) is 12.4 Å². The number of aromatic nitrogens is 2. The van der Waals surface area contributed by atoms with Gasteiger partial charge in [0.25, 0.3) is 0 Å². The predicted octanol–water partition coefficient (Wildman–Crippen LogP) is 3.25. The van der Waals surface area contributed by atoms with Gasteiger partial charge < -0.3 is 15.0 Å². The van der Waals surface area contributed by atoms with E-state index in [0.717, 1.165) is 22.6 Å². The van der Waals surface area contributed by atoms with Crippen LogP contribution in [-0.2, 0) is 4.79 Å². The fourth-order valence-corrected chi connectivity index (χ4v) is 3.37. The van der Waals surface area contributed by atoms with Gasteiger partial charge in [-0.3, -0.25) is 0 Å². The highest BCUT2D eigenvalue weighted by molar-refractivity contribution is 8.09. The van der Waals surface area contributed by atoms with Gasteiger partial charge in [-0.25, -0.2) is 14.4 Å². The molecule has 0 spiro atoms. The highest BCUT2D eigenvalue weighted by Crippen LogP contribution is 2.41. The molecule has 0 bridgehead atoms. The van der Waals surface area contributed by atoms with E-state index >= 15 is 0 Å². The molecule has 0 aliphatic carbocycles. The van der Waals surface area contributed by atoms with Crippen LogP contribution in [0.3, 0.4) is 0 Å². The van der Waals surface area contributed by atoms with Crippen LogP contribution >= 0.6 is 11.8 Å². The Kier molecular flexibility index (Phi) is 4.29. The highest BCUT2D eigenvalue weighted by Gasteiger charge is 2.28. The molecule has 1 aromatic heterocycles. The second kappa shape index (κ2) is 6.37. The summed E-state index contributed by atoms with van der Waals surface area (Å²) in [6.07, 6.45) is 2.57. The monoisotopic (exact) mass is 330 g/mol. The van der Waals surface area contributed by atoms with Crippen molar-refractivity contribution >= 4 is 34.6 Å². The highest BCUT2D eigenvalue weighted by atomic mass is 32.2. The summed E-state index contributed by atoms with van der Waals surface area (Å²) in [5.74, 6) is 0.128. The lowest BCUT2D eigenvalue weighted by molar-refractivity contribution is -0.109. The van der Waals surface area contributed by atoms with Gasteiger partial charge >= 0.3 is 0 Å². The average molecular weight is 330 g/mol. The smallest absolute Gasteiger partial charge is 0.227 e. The summed E-state index contributed by atoms with van der Waals surface area (Å²) in [5.41, 5.74) is 2.46. The SMILES string of the molecule is CC1=C(c2ccnc(Nc3ccc(F)cc3)n2)SC(C=O)N1C. The quantitative estimate of drug-likeness (QED) is 0.869. The molecule has 3 rings (SSSR count). The van der Waals surface area contributed by atoms with Crippen molar-refractivity contribution in [3.63, 3.8) is 0 Å². The number of hydrogen-bond acceptors (Lipinski definition) is 6. The van der Waals surface area contributed by atoms with Crippen molar-refractivity contribution < 1.29 is 9.18 Å². The van der Waals surface area contributed by atoms with Crippen LogP contribution in [0.25, 0.3) is 4.91 Å². The zero-order valence-corrected chi connectivity index (χ0v) is 13.5. The molecular weight excluding hydrogens is 315 g/mol. The summed E-state index contributed by atoms with van der Waals surface area (Å²) in [7, 11) is 1.88. The molecule has 0 saturated heterocycles. The van der Waals surface area contributed by atoms with Gasteiger partial charge in [0.1, 0.15) is 11.2 Å². The summed E-state index contributed by atoms with van der Waals surface area (Å²) in [6.45, 7) is 1.96. The van der Waals surface area contributed by atoms with Crippen LogP contribution in [0, 0.1) is 5.82 Å². The molecule has 0 fully saturated rings. The first-order valence-electron chi connectivity index (χ1n) is 7.00. The van der Waals surface area contributed by atoms with Crippen molar-refractivity contribution in [3.8, 4) is 0 Å². The summed E-state index contributed by atoms with van der Waals surface area (Å²) in [4.78, 5) is 22.7. The minimum absolute atomic E-state index is 0.228. The number of carbonyl (C=O) groups excluding carboxylic acids is 1. The largest absolute Gasteiger partial charge is 0.359 e. The fourth-order valence-electron chi connectivity index (χ4n) is 2.21. The minimum atomic E-state index is -0.295. The Morgan fingerprint density at radius 2 is 2.04 bits per heavy atom. The third-order valence-electron chi connectivity index (χ3n) is 3.58. The molecule has 1 aliphatic heterocycles. The van der Waals surface area contributed by atoms with E-state index in [0.29, 0.717) is 11.6 Å². The lowest BCUT2D eigenvalue weighted by Crippen LogP contribution is -2.23. The van der Waals surface area contributed by atoms with Crippen LogP contribution in [0.2, 0.25) is 0 Å². The molecule has 2 aromatic rings. The van der Waals surface area contributed by atoms with E-state index < -0.39 is 0 Å². The van der Waals surface area contributed by atoms with Crippen LogP contribution < -0.4 is 5.32 Å². The molecule has 1 aliphatic rings.